The number of aliphatic hydroxyl groups is 2. The van der Waals surface area contributed by atoms with Crippen molar-refractivity contribution < 1.29 is 23.9 Å². The third-order valence-electron chi connectivity index (χ3n) is 0.960. The summed E-state index contributed by atoms with van der Waals surface area (Å²) < 4.78 is 23.7. The molecular weight excluding hydrogens is 187 g/mol. The van der Waals surface area contributed by atoms with E-state index in [1.54, 1.807) is 0 Å². The Morgan fingerprint density at radius 1 is 1.64 bits per heavy atom. The van der Waals surface area contributed by atoms with E-state index in [4.69, 9.17) is 10.2 Å². The molecule has 0 radical (unpaired) electrons. The molecule has 0 aliphatic rings. The van der Waals surface area contributed by atoms with E-state index < -0.39 is 22.6 Å². The smallest absolute Gasteiger partial charge is 0.387 e. The quantitative estimate of drug-likeness (QED) is 0.280. The van der Waals surface area contributed by atoms with E-state index in [0.29, 0.717) is 0 Å². The second-order valence-corrected chi connectivity index (χ2v) is 2.34. The molecule has 0 aromatic heterocycles. The molecule has 0 aliphatic heterocycles. The van der Waals surface area contributed by atoms with E-state index in [0.717, 1.165) is 0 Å². The van der Waals surface area contributed by atoms with Crippen LogP contribution in [-0.2, 0) is 0 Å². The number of halogens is 3. The molecule has 5 nitrogen and oxygen atoms in total. The lowest BCUT2D eigenvalue weighted by Crippen LogP contribution is -2.52. The van der Waals surface area contributed by atoms with Crippen LogP contribution in [0.25, 0.3) is 0 Å². The van der Waals surface area contributed by atoms with Crippen molar-refractivity contribution in [2.45, 2.75) is 11.1 Å². The SMILES string of the molecule is O=[N+]([O-])C(Cl)(CO)C(O)(F)F. The third-order valence-corrected chi connectivity index (χ3v) is 1.44. The summed E-state index contributed by atoms with van der Waals surface area (Å²) in [7, 11) is 0. The maximum absolute atomic E-state index is 11.8. The van der Waals surface area contributed by atoms with Crippen molar-refractivity contribution in [3.8, 4) is 0 Å². The predicted molar refractivity (Wildman–Crippen MR) is 29.8 cm³/mol. The lowest BCUT2D eigenvalue weighted by atomic mass is 10.3. The average molecular weight is 192 g/mol. The van der Waals surface area contributed by atoms with Crippen molar-refractivity contribution >= 4 is 11.6 Å². The van der Waals surface area contributed by atoms with E-state index in [2.05, 4.69) is 11.6 Å². The van der Waals surface area contributed by atoms with E-state index in [1.165, 1.54) is 0 Å². The monoisotopic (exact) mass is 191 g/mol. The van der Waals surface area contributed by atoms with Crippen LogP contribution in [0, 0.1) is 10.1 Å². The summed E-state index contributed by atoms with van der Waals surface area (Å²) in [6, 6.07) is 0. The number of rotatable bonds is 3. The van der Waals surface area contributed by atoms with Crippen molar-refractivity contribution in [3.05, 3.63) is 10.1 Å². The Hall–Kier alpha value is -0.530. The fourth-order valence-corrected chi connectivity index (χ4v) is 0.263. The Bertz CT molecular complexity index is 171. The van der Waals surface area contributed by atoms with Gasteiger partial charge in [0.15, 0.2) is 0 Å². The summed E-state index contributed by atoms with van der Waals surface area (Å²) >= 11 is 4.59. The molecular formula is C3H4ClF2NO4. The van der Waals surface area contributed by atoms with Crippen LogP contribution in [0.3, 0.4) is 0 Å². The van der Waals surface area contributed by atoms with Crippen molar-refractivity contribution in [2.24, 2.45) is 0 Å². The topological polar surface area (TPSA) is 83.6 Å². The van der Waals surface area contributed by atoms with Gasteiger partial charge in [0.1, 0.15) is 6.61 Å². The number of nitro groups is 1. The van der Waals surface area contributed by atoms with Crippen LogP contribution in [0.2, 0.25) is 0 Å². The Morgan fingerprint density at radius 3 is 2.00 bits per heavy atom. The molecule has 0 aliphatic carbocycles. The molecule has 66 valence electrons. The standard InChI is InChI=1S/C3H4ClF2NO4/c4-2(1-8,7(10)11)3(5,6)9/h8-9H,1H2. The number of aliphatic hydroxyl groups excluding tert-OH is 1. The molecule has 11 heavy (non-hydrogen) atoms. The largest absolute Gasteiger partial charge is 0.442 e. The summed E-state index contributed by atoms with van der Waals surface area (Å²) in [5.41, 5.74) is 0. The van der Waals surface area contributed by atoms with Gasteiger partial charge in [0, 0.05) is 0 Å². The van der Waals surface area contributed by atoms with Crippen LogP contribution < -0.4 is 0 Å². The van der Waals surface area contributed by atoms with Crippen molar-refractivity contribution in [2.75, 3.05) is 6.61 Å². The van der Waals surface area contributed by atoms with Crippen molar-refractivity contribution in [1.29, 1.82) is 0 Å². The van der Waals surface area contributed by atoms with E-state index in [-0.39, 0.29) is 0 Å². The molecule has 0 aromatic rings. The van der Waals surface area contributed by atoms with Crippen LogP contribution in [0.5, 0.6) is 0 Å². The maximum Gasteiger partial charge on any atom is 0.442 e. The zero-order valence-electron chi connectivity index (χ0n) is 5.00. The lowest BCUT2D eigenvalue weighted by molar-refractivity contribution is -0.594. The molecule has 0 rings (SSSR count). The highest BCUT2D eigenvalue weighted by Crippen LogP contribution is 2.32. The van der Waals surface area contributed by atoms with Gasteiger partial charge in [-0.25, -0.2) is 0 Å². The molecule has 0 amide bonds. The van der Waals surface area contributed by atoms with Crippen LogP contribution in [0.4, 0.5) is 8.78 Å². The molecule has 0 saturated carbocycles. The minimum atomic E-state index is -4.76. The highest BCUT2D eigenvalue weighted by molar-refractivity contribution is 6.23. The van der Waals surface area contributed by atoms with Gasteiger partial charge in [-0.15, -0.1) is 0 Å². The molecule has 0 heterocycles. The molecule has 1 unspecified atom stereocenters. The first kappa shape index (κ1) is 10.5. The summed E-state index contributed by atoms with van der Waals surface area (Å²) in [6.07, 6.45) is -4.76. The van der Waals surface area contributed by atoms with Crippen LogP contribution >= 0.6 is 11.6 Å². The Morgan fingerprint density at radius 2 is 2.00 bits per heavy atom. The number of alkyl halides is 3. The summed E-state index contributed by atoms with van der Waals surface area (Å²) in [4.78, 5) is 4.57. The first-order valence-corrected chi connectivity index (χ1v) is 2.68. The number of hydrogen-bond donors (Lipinski definition) is 2. The Labute approximate surface area is 64.3 Å². The van der Waals surface area contributed by atoms with Gasteiger partial charge in [0.2, 0.25) is 0 Å². The maximum atomic E-state index is 11.8. The normalized spacial score (nSPS) is 17.5. The molecule has 2 N–H and O–H groups in total. The second-order valence-electron chi connectivity index (χ2n) is 1.72. The van der Waals surface area contributed by atoms with Gasteiger partial charge in [-0.05, 0) is 11.6 Å². The zero-order chi connectivity index (χ0) is 9.28. The minimum Gasteiger partial charge on any atom is -0.387 e. The fraction of sp³-hybridized carbons (Fsp3) is 1.00. The van der Waals surface area contributed by atoms with Crippen LogP contribution in [0.1, 0.15) is 0 Å². The molecule has 8 heteroatoms. The van der Waals surface area contributed by atoms with Gasteiger partial charge in [-0.1, -0.05) is 0 Å². The van der Waals surface area contributed by atoms with E-state index in [9.17, 15) is 18.9 Å². The molecule has 1 atom stereocenters. The van der Waals surface area contributed by atoms with E-state index in [1.807, 2.05) is 0 Å². The Balaban J connectivity index is 4.75. The molecule has 0 aromatic carbocycles. The van der Waals surface area contributed by atoms with Gasteiger partial charge < -0.3 is 10.2 Å². The first-order valence-electron chi connectivity index (χ1n) is 2.30. The molecule has 0 spiro atoms. The highest BCUT2D eigenvalue weighted by atomic mass is 35.5. The lowest BCUT2D eigenvalue weighted by Gasteiger charge is -2.19. The van der Waals surface area contributed by atoms with Crippen LogP contribution in [0.15, 0.2) is 0 Å². The third kappa shape index (κ3) is 1.73. The average Bonchev–Trinajstić information content (AvgIpc) is 1.83. The minimum absolute atomic E-state index is 1.66. The number of hydrogen-bond acceptors (Lipinski definition) is 4. The first-order chi connectivity index (χ1) is 4.75. The molecule has 0 bridgehead atoms. The van der Waals surface area contributed by atoms with Gasteiger partial charge in [0.05, 0.1) is 4.92 Å². The highest BCUT2D eigenvalue weighted by Gasteiger charge is 2.63. The summed E-state index contributed by atoms with van der Waals surface area (Å²) in [5.74, 6) is 0. The van der Waals surface area contributed by atoms with Gasteiger partial charge in [0.25, 0.3) is 0 Å². The summed E-state index contributed by atoms with van der Waals surface area (Å²) in [6.45, 7) is -1.66. The molecule has 0 saturated heterocycles. The second kappa shape index (κ2) is 2.84. The van der Waals surface area contributed by atoms with Gasteiger partial charge in [-0.3, -0.25) is 10.1 Å². The van der Waals surface area contributed by atoms with E-state index >= 15 is 0 Å². The van der Waals surface area contributed by atoms with Crippen molar-refractivity contribution in [1.82, 2.24) is 0 Å². The van der Waals surface area contributed by atoms with Gasteiger partial charge >= 0.3 is 11.1 Å². The van der Waals surface area contributed by atoms with Gasteiger partial charge in [-0.2, -0.15) is 8.78 Å². The zero-order valence-corrected chi connectivity index (χ0v) is 5.76. The fourth-order valence-electron chi connectivity index (χ4n) is 0.263. The van der Waals surface area contributed by atoms with Crippen LogP contribution in [-0.4, -0.2) is 32.8 Å². The summed E-state index contributed by atoms with van der Waals surface area (Å²) in [5, 5.41) is 25.7. The Kier molecular flexibility index (Phi) is 2.70. The molecule has 0 fully saturated rings. The van der Waals surface area contributed by atoms with Crippen molar-refractivity contribution in [3.63, 3.8) is 0 Å². The number of nitrogens with zero attached hydrogens (tertiary/aromatic N) is 1. The predicted octanol–water partition coefficient (Wildman–Crippen LogP) is -0.224.